The molecule has 4 aromatic rings. The van der Waals surface area contributed by atoms with E-state index in [1.54, 1.807) is 6.08 Å². The van der Waals surface area contributed by atoms with Gasteiger partial charge in [-0.2, -0.15) is 0 Å². The quantitative estimate of drug-likeness (QED) is 0.291. The van der Waals surface area contributed by atoms with Crippen LogP contribution in [0.4, 0.5) is 0 Å². The summed E-state index contributed by atoms with van der Waals surface area (Å²) in [7, 11) is -3.23. The van der Waals surface area contributed by atoms with Crippen molar-refractivity contribution < 1.29 is 13.2 Å². The standard InChI is InChI=1S/C28H24O3S2/c1-21-12-16-25(17-13-21)32(29)28(33(30)26-18-14-22(2)15-19-26)20-23-8-6-7-11-27(23)31-24-9-4-3-5-10-24/h3-20H,1-2H3. The molecular formula is C28H24O3S2. The molecule has 0 heterocycles. The molecule has 0 amide bonds. The van der Waals surface area contributed by atoms with E-state index in [0.29, 0.717) is 31.1 Å². The highest BCUT2D eigenvalue weighted by molar-refractivity contribution is 8.08. The van der Waals surface area contributed by atoms with Gasteiger partial charge >= 0.3 is 0 Å². The van der Waals surface area contributed by atoms with E-state index in [-0.39, 0.29) is 0 Å². The number of ether oxygens (including phenoxy) is 1. The summed E-state index contributed by atoms with van der Waals surface area (Å²) in [4.78, 5) is 1.21. The summed E-state index contributed by atoms with van der Waals surface area (Å²) in [6.07, 6.45) is 1.73. The number of aryl methyl sites for hydroxylation is 2. The Morgan fingerprint density at radius 1 is 0.636 bits per heavy atom. The van der Waals surface area contributed by atoms with E-state index in [9.17, 15) is 8.42 Å². The van der Waals surface area contributed by atoms with Crippen LogP contribution in [-0.4, -0.2) is 8.42 Å². The Morgan fingerprint density at radius 3 is 1.67 bits per heavy atom. The zero-order chi connectivity index (χ0) is 23.2. The first-order valence-electron chi connectivity index (χ1n) is 10.5. The van der Waals surface area contributed by atoms with E-state index in [0.717, 1.165) is 11.1 Å². The molecule has 0 saturated carbocycles. The summed E-state index contributed by atoms with van der Waals surface area (Å²) in [5.41, 5.74) is 2.85. The van der Waals surface area contributed by atoms with E-state index < -0.39 is 21.6 Å². The first-order chi connectivity index (χ1) is 16.0. The molecule has 2 atom stereocenters. The van der Waals surface area contributed by atoms with Crippen molar-refractivity contribution in [3.8, 4) is 11.5 Å². The van der Waals surface area contributed by atoms with E-state index in [1.807, 2.05) is 117 Å². The van der Waals surface area contributed by atoms with E-state index >= 15 is 0 Å². The first kappa shape index (κ1) is 22.9. The van der Waals surface area contributed by atoms with Crippen molar-refractivity contribution in [2.75, 3.05) is 0 Å². The summed E-state index contributed by atoms with van der Waals surface area (Å²) in [5.74, 6) is 1.29. The molecule has 4 aromatic carbocycles. The number of hydrogen-bond acceptors (Lipinski definition) is 3. The highest BCUT2D eigenvalue weighted by Gasteiger charge is 2.20. The van der Waals surface area contributed by atoms with Crippen LogP contribution in [0.15, 0.2) is 117 Å². The van der Waals surface area contributed by atoms with Crippen LogP contribution in [0.5, 0.6) is 11.5 Å². The van der Waals surface area contributed by atoms with Gasteiger partial charge in [0.15, 0.2) is 0 Å². The van der Waals surface area contributed by atoms with Crippen LogP contribution in [-0.2, 0) is 21.6 Å². The van der Waals surface area contributed by atoms with Gasteiger partial charge in [-0.25, -0.2) is 8.42 Å². The summed E-state index contributed by atoms with van der Waals surface area (Å²) in [6, 6.07) is 31.8. The highest BCUT2D eigenvalue weighted by atomic mass is 32.2. The van der Waals surface area contributed by atoms with Gasteiger partial charge in [0.25, 0.3) is 0 Å². The molecule has 2 unspecified atom stereocenters. The van der Waals surface area contributed by atoms with Gasteiger partial charge in [-0.05, 0) is 62.4 Å². The predicted molar refractivity (Wildman–Crippen MR) is 136 cm³/mol. The maximum atomic E-state index is 13.6. The average molecular weight is 473 g/mol. The minimum atomic E-state index is -1.62. The molecule has 0 aromatic heterocycles. The smallest absolute Gasteiger partial charge is 0.134 e. The molecule has 0 aliphatic rings. The summed E-state index contributed by atoms with van der Waals surface area (Å²) < 4.78 is 33.6. The minimum Gasteiger partial charge on any atom is -0.457 e. The third-order valence-corrected chi connectivity index (χ3v) is 8.27. The fraction of sp³-hybridized carbons (Fsp3) is 0.0714. The predicted octanol–water partition coefficient (Wildman–Crippen LogP) is 7.01. The van der Waals surface area contributed by atoms with Gasteiger partial charge in [0.2, 0.25) is 0 Å². The van der Waals surface area contributed by atoms with Gasteiger partial charge in [-0.3, -0.25) is 0 Å². The second kappa shape index (κ2) is 10.6. The zero-order valence-electron chi connectivity index (χ0n) is 18.4. The van der Waals surface area contributed by atoms with Crippen molar-refractivity contribution >= 4 is 27.7 Å². The van der Waals surface area contributed by atoms with Gasteiger partial charge in [-0.15, -0.1) is 0 Å². The number of benzene rings is 4. The molecule has 0 N–H and O–H groups in total. The maximum absolute atomic E-state index is 13.6. The lowest BCUT2D eigenvalue weighted by Crippen LogP contribution is -2.04. The fourth-order valence-corrected chi connectivity index (χ4v) is 5.99. The monoisotopic (exact) mass is 472 g/mol. The summed E-state index contributed by atoms with van der Waals surface area (Å²) >= 11 is 0. The molecule has 3 nitrogen and oxygen atoms in total. The summed E-state index contributed by atoms with van der Waals surface area (Å²) in [5, 5.41) is 0. The molecule has 0 fully saturated rings. The number of hydrogen-bond donors (Lipinski definition) is 0. The van der Waals surface area contributed by atoms with Crippen molar-refractivity contribution in [2.24, 2.45) is 0 Å². The lowest BCUT2D eigenvalue weighted by Gasteiger charge is -2.12. The average Bonchev–Trinajstić information content (AvgIpc) is 2.84. The topological polar surface area (TPSA) is 43.4 Å². The number of para-hydroxylation sites is 2. The first-order valence-corrected chi connectivity index (χ1v) is 12.8. The summed E-state index contributed by atoms with van der Waals surface area (Å²) in [6.45, 7) is 3.95. The molecule has 33 heavy (non-hydrogen) atoms. The van der Waals surface area contributed by atoms with Gasteiger partial charge in [0.05, 0.1) is 21.6 Å². The Balaban J connectivity index is 1.79. The van der Waals surface area contributed by atoms with Crippen LogP contribution in [0.1, 0.15) is 16.7 Å². The largest absolute Gasteiger partial charge is 0.457 e. The number of rotatable bonds is 7. The van der Waals surface area contributed by atoms with Gasteiger partial charge in [0, 0.05) is 15.4 Å². The van der Waals surface area contributed by atoms with Crippen LogP contribution in [0, 0.1) is 13.8 Å². The normalized spacial score (nSPS) is 12.5. The molecule has 0 spiro atoms. The minimum absolute atomic E-state index is 0.312. The van der Waals surface area contributed by atoms with Crippen molar-refractivity contribution in [3.05, 3.63) is 124 Å². The van der Waals surface area contributed by atoms with Crippen molar-refractivity contribution in [2.45, 2.75) is 23.6 Å². The Bertz CT molecular complexity index is 1250. The van der Waals surface area contributed by atoms with Crippen molar-refractivity contribution in [1.82, 2.24) is 0 Å². The SMILES string of the molecule is Cc1ccc(S(=O)C(=Cc2ccccc2Oc2ccccc2)S(=O)c2ccc(C)cc2)cc1. The second-order valence-electron chi connectivity index (χ2n) is 7.58. The third-order valence-electron chi connectivity index (χ3n) is 5.00. The molecule has 0 aliphatic heterocycles. The molecule has 5 heteroatoms. The van der Waals surface area contributed by atoms with Gasteiger partial charge in [0.1, 0.15) is 15.7 Å². The van der Waals surface area contributed by atoms with Crippen molar-refractivity contribution in [1.29, 1.82) is 0 Å². The molecular weight excluding hydrogens is 448 g/mol. The Labute approximate surface area is 199 Å². The van der Waals surface area contributed by atoms with Gasteiger partial charge in [-0.1, -0.05) is 71.8 Å². The van der Waals surface area contributed by atoms with Crippen LogP contribution < -0.4 is 4.74 Å². The van der Waals surface area contributed by atoms with Crippen LogP contribution in [0.2, 0.25) is 0 Å². The molecule has 4 rings (SSSR count). The lowest BCUT2D eigenvalue weighted by molar-refractivity contribution is 0.481. The molecule has 166 valence electrons. The molecule has 0 saturated heterocycles. The Kier molecular flexibility index (Phi) is 7.33. The van der Waals surface area contributed by atoms with E-state index in [1.165, 1.54) is 0 Å². The van der Waals surface area contributed by atoms with E-state index in [4.69, 9.17) is 4.74 Å². The van der Waals surface area contributed by atoms with Crippen LogP contribution in [0.3, 0.4) is 0 Å². The second-order valence-corrected chi connectivity index (χ2v) is 10.7. The third kappa shape index (κ3) is 5.75. The van der Waals surface area contributed by atoms with Crippen molar-refractivity contribution in [3.63, 3.8) is 0 Å². The van der Waals surface area contributed by atoms with E-state index in [2.05, 4.69) is 0 Å². The molecule has 0 bridgehead atoms. The Morgan fingerprint density at radius 2 is 1.12 bits per heavy atom. The lowest BCUT2D eigenvalue weighted by atomic mass is 10.2. The molecule has 0 radical (unpaired) electrons. The zero-order valence-corrected chi connectivity index (χ0v) is 20.1. The van der Waals surface area contributed by atoms with Crippen LogP contribution in [0.25, 0.3) is 6.08 Å². The van der Waals surface area contributed by atoms with Gasteiger partial charge < -0.3 is 4.74 Å². The van der Waals surface area contributed by atoms with Crippen LogP contribution >= 0.6 is 0 Å². The molecule has 0 aliphatic carbocycles. The maximum Gasteiger partial charge on any atom is 0.134 e. The fourth-order valence-electron chi connectivity index (χ4n) is 3.17. The highest BCUT2D eigenvalue weighted by Crippen LogP contribution is 2.31. The Hall–Kier alpha value is -3.28.